The van der Waals surface area contributed by atoms with Crippen molar-refractivity contribution in [2.24, 2.45) is 0 Å². The molecule has 0 spiro atoms. The molecule has 0 saturated heterocycles. The summed E-state index contributed by atoms with van der Waals surface area (Å²) in [7, 11) is 0. The lowest BCUT2D eigenvalue weighted by molar-refractivity contribution is -0.137. The Morgan fingerprint density at radius 2 is 2.00 bits per heavy atom. The van der Waals surface area contributed by atoms with Crippen molar-refractivity contribution >= 4 is 17.5 Å². The van der Waals surface area contributed by atoms with Crippen LogP contribution in [0.1, 0.15) is 22.7 Å². The smallest absolute Gasteiger partial charge is 0.356 e. The van der Waals surface area contributed by atoms with Crippen LogP contribution in [0.15, 0.2) is 18.3 Å². The van der Waals surface area contributed by atoms with Crippen molar-refractivity contribution in [3.63, 3.8) is 0 Å². The zero-order chi connectivity index (χ0) is 13.3. The monoisotopic (exact) mass is 250 g/mol. The Kier molecular flexibility index (Phi) is 2.88. The van der Waals surface area contributed by atoms with Crippen molar-refractivity contribution in [3.8, 4) is 5.75 Å². The first-order valence-corrected chi connectivity index (χ1v) is 5.14. The molecule has 7 nitrogen and oxygen atoms in total. The normalized spacial score (nSPS) is 10.7. The van der Waals surface area contributed by atoms with E-state index in [1.807, 2.05) is 0 Å². The third kappa shape index (κ3) is 2.10. The van der Waals surface area contributed by atoms with Gasteiger partial charge in [0.25, 0.3) is 0 Å². The molecule has 0 aliphatic carbocycles. The number of nitrogens with zero attached hydrogens (tertiary/aromatic N) is 2. The number of aromatic nitrogens is 2. The number of aryl methyl sites for hydroxylation is 1. The van der Waals surface area contributed by atoms with Gasteiger partial charge in [0.2, 0.25) is 0 Å². The highest BCUT2D eigenvalue weighted by molar-refractivity contribution is 5.93. The molecule has 0 atom stereocenters. The van der Waals surface area contributed by atoms with Crippen LogP contribution in [0.2, 0.25) is 0 Å². The van der Waals surface area contributed by atoms with Gasteiger partial charge in [-0.1, -0.05) is 0 Å². The van der Waals surface area contributed by atoms with Gasteiger partial charge in [0.1, 0.15) is 11.6 Å². The first kappa shape index (κ1) is 11.9. The first-order valence-electron chi connectivity index (χ1n) is 5.14. The molecule has 18 heavy (non-hydrogen) atoms. The van der Waals surface area contributed by atoms with Crippen LogP contribution in [0.3, 0.4) is 0 Å². The number of rotatable bonds is 4. The molecule has 3 N–H and O–H groups in total. The maximum absolute atomic E-state index is 11.0. The zero-order valence-electron chi connectivity index (χ0n) is 9.20. The van der Waals surface area contributed by atoms with Gasteiger partial charge in [-0.05, 0) is 12.1 Å². The predicted octanol–water partition coefficient (Wildman–Crippen LogP) is 0.755. The second kappa shape index (κ2) is 4.36. The summed E-state index contributed by atoms with van der Waals surface area (Å²) >= 11 is 0. The van der Waals surface area contributed by atoms with Crippen LogP contribution in [0.4, 0.5) is 0 Å². The first-order chi connectivity index (χ1) is 8.49. The third-order valence-electron chi connectivity index (χ3n) is 2.46. The summed E-state index contributed by atoms with van der Waals surface area (Å²) in [6.07, 6.45) is 1.24. The molecule has 2 rings (SSSR count). The van der Waals surface area contributed by atoms with Gasteiger partial charge < -0.3 is 15.3 Å². The summed E-state index contributed by atoms with van der Waals surface area (Å²) in [5.41, 5.74) is 0.163. The van der Waals surface area contributed by atoms with Gasteiger partial charge in [-0.3, -0.25) is 9.20 Å². The molecule has 0 bridgehead atoms. The molecule has 7 heteroatoms. The lowest BCUT2D eigenvalue weighted by atomic mass is 10.3. The quantitative estimate of drug-likeness (QED) is 0.738. The number of carboxylic acid groups (broad SMARTS) is 2. The summed E-state index contributed by atoms with van der Waals surface area (Å²) in [4.78, 5) is 25.4. The molecule has 0 fully saturated rings. The van der Waals surface area contributed by atoms with Crippen LogP contribution < -0.4 is 0 Å². The second-order valence-electron chi connectivity index (χ2n) is 3.72. The van der Waals surface area contributed by atoms with Crippen molar-refractivity contribution in [2.75, 3.05) is 0 Å². The Balaban J connectivity index is 2.54. The van der Waals surface area contributed by atoms with E-state index in [9.17, 15) is 14.7 Å². The van der Waals surface area contributed by atoms with Crippen molar-refractivity contribution < 1.29 is 24.9 Å². The largest absolute Gasteiger partial charge is 0.506 e. The Bertz CT molecular complexity index is 632. The average Bonchev–Trinajstić information content (AvgIpc) is 2.64. The van der Waals surface area contributed by atoms with Gasteiger partial charge in [-0.15, -0.1) is 0 Å². The number of carbonyl (C=O) groups is 2. The minimum absolute atomic E-state index is 0.0478. The SMILES string of the molecule is O=C(O)CCc1nc(C(=O)O)c2ccc(O)cn12. The molecule has 2 heterocycles. The van der Waals surface area contributed by atoms with E-state index in [0.29, 0.717) is 11.3 Å². The zero-order valence-corrected chi connectivity index (χ0v) is 9.20. The summed E-state index contributed by atoms with van der Waals surface area (Å²) in [5, 5.41) is 27.0. The Morgan fingerprint density at radius 3 is 2.61 bits per heavy atom. The lowest BCUT2D eigenvalue weighted by Gasteiger charge is -2.00. The third-order valence-corrected chi connectivity index (χ3v) is 2.46. The van der Waals surface area contributed by atoms with Gasteiger partial charge in [0, 0.05) is 6.42 Å². The van der Waals surface area contributed by atoms with Crippen LogP contribution in [0, 0.1) is 0 Å². The predicted molar refractivity (Wildman–Crippen MR) is 59.8 cm³/mol. The van der Waals surface area contributed by atoms with Gasteiger partial charge in [-0.25, -0.2) is 9.78 Å². The van der Waals surface area contributed by atoms with Crippen LogP contribution in [-0.4, -0.2) is 36.6 Å². The van der Waals surface area contributed by atoms with E-state index >= 15 is 0 Å². The van der Waals surface area contributed by atoms with Crippen molar-refractivity contribution in [1.82, 2.24) is 9.38 Å². The van der Waals surface area contributed by atoms with E-state index in [2.05, 4.69) is 4.98 Å². The molecule has 0 radical (unpaired) electrons. The number of aliphatic carboxylic acids is 1. The fourth-order valence-corrected chi connectivity index (χ4v) is 1.69. The van der Waals surface area contributed by atoms with Gasteiger partial charge in [0.15, 0.2) is 5.69 Å². The van der Waals surface area contributed by atoms with E-state index < -0.39 is 11.9 Å². The molecule has 0 aliphatic heterocycles. The van der Waals surface area contributed by atoms with E-state index in [0.717, 1.165) is 0 Å². The molecule has 94 valence electrons. The standard InChI is InChI=1S/C11H10N2O5/c14-6-1-2-7-10(11(17)18)12-8(13(7)5-6)3-4-9(15)16/h1-2,5,14H,3-4H2,(H,15,16)(H,17,18). The van der Waals surface area contributed by atoms with Crippen LogP contribution in [-0.2, 0) is 11.2 Å². The second-order valence-corrected chi connectivity index (χ2v) is 3.72. The minimum Gasteiger partial charge on any atom is -0.506 e. The Labute approximate surface area is 101 Å². The van der Waals surface area contributed by atoms with E-state index in [4.69, 9.17) is 10.2 Å². The number of pyridine rings is 1. The number of carboxylic acids is 2. The molecule has 0 aromatic carbocycles. The number of hydrogen-bond acceptors (Lipinski definition) is 4. The highest BCUT2D eigenvalue weighted by atomic mass is 16.4. The highest BCUT2D eigenvalue weighted by Crippen LogP contribution is 2.18. The molecular formula is C11H10N2O5. The van der Waals surface area contributed by atoms with E-state index in [-0.39, 0.29) is 24.3 Å². The van der Waals surface area contributed by atoms with Gasteiger partial charge >= 0.3 is 11.9 Å². The van der Waals surface area contributed by atoms with Gasteiger partial charge in [0.05, 0.1) is 18.1 Å². The maximum Gasteiger partial charge on any atom is 0.356 e. The molecular weight excluding hydrogens is 240 g/mol. The lowest BCUT2D eigenvalue weighted by Crippen LogP contribution is -2.01. The number of hydrogen-bond donors (Lipinski definition) is 3. The number of aromatic carboxylic acids is 1. The summed E-state index contributed by atoms with van der Waals surface area (Å²) in [5.74, 6) is -1.95. The van der Waals surface area contributed by atoms with Crippen LogP contribution in [0.25, 0.3) is 5.52 Å². The Morgan fingerprint density at radius 1 is 1.28 bits per heavy atom. The number of imidazole rings is 1. The maximum atomic E-state index is 11.0. The van der Waals surface area contributed by atoms with E-state index in [1.165, 1.54) is 22.7 Å². The fourth-order valence-electron chi connectivity index (χ4n) is 1.69. The number of aromatic hydroxyl groups is 1. The average molecular weight is 250 g/mol. The molecule has 2 aromatic rings. The summed E-state index contributed by atoms with van der Waals surface area (Å²) in [6.45, 7) is 0. The summed E-state index contributed by atoms with van der Waals surface area (Å²) < 4.78 is 1.39. The molecule has 0 amide bonds. The van der Waals surface area contributed by atoms with Crippen molar-refractivity contribution in [3.05, 3.63) is 29.8 Å². The topological polar surface area (TPSA) is 112 Å². The van der Waals surface area contributed by atoms with E-state index in [1.54, 1.807) is 0 Å². The molecule has 0 saturated carbocycles. The van der Waals surface area contributed by atoms with Crippen LogP contribution >= 0.6 is 0 Å². The minimum atomic E-state index is -1.19. The molecule has 2 aromatic heterocycles. The van der Waals surface area contributed by atoms with Crippen molar-refractivity contribution in [1.29, 1.82) is 0 Å². The summed E-state index contributed by atoms with van der Waals surface area (Å²) in [6, 6.07) is 2.78. The highest BCUT2D eigenvalue weighted by Gasteiger charge is 2.17. The van der Waals surface area contributed by atoms with Crippen LogP contribution in [0.5, 0.6) is 5.75 Å². The molecule has 0 unspecified atom stereocenters. The Hall–Kier alpha value is -2.57. The fraction of sp³-hybridized carbons (Fsp3) is 0.182. The van der Waals surface area contributed by atoms with Crippen molar-refractivity contribution in [2.45, 2.75) is 12.8 Å². The molecule has 0 aliphatic rings. The van der Waals surface area contributed by atoms with Gasteiger partial charge in [-0.2, -0.15) is 0 Å². The number of fused-ring (bicyclic) bond motifs is 1.